The van der Waals surface area contributed by atoms with E-state index >= 15 is 0 Å². The van der Waals surface area contributed by atoms with Gasteiger partial charge in [-0.3, -0.25) is 4.79 Å². The highest BCUT2D eigenvalue weighted by molar-refractivity contribution is 5.71. The molecule has 20 heavy (non-hydrogen) atoms. The Morgan fingerprint density at radius 3 is 2.40 bits per heavy atom. The first-order valence-corrected chi connectivity index (χ1v) is 7.20. The molecule has 1 fully saturated rings. The average molecular weight is 276 g/mol. The molecule has 110 valence electrons. The number of ether oxygens (including phenoxy) is 1. The van der Waals surface area contributed by atoms with Crippen molar-refractivity contribution >= 4 is 5.97 Å². The van der Waals surface area contributed by atoms with Crippen LogP contribution in [-0.4, -0.2) is 11.1 Å². The fourth-order valence-corrected chi connectivity index (χ4v) is 3.41. The molecule has 0 saturated heterocycles. The Labute approximate surface area is 121 Å². The van der Waals surface area contributed by atoms with Crippen molar-refractivity contribution in [3.8, 4) is 11.5 Å². The van der Waals surface area contributed by atoms with E-state index in [4.69, 9.17) is 4.74 Å². The Hall–Kier alpha value is -1.51. The molecule has 0 spiro atoms. The molecule has 0 bridgehead atoms. The molecule has 0 aliphatic heterocycles. The molecule has 2 rings (SSSR count). The summed E-state index contributed by atoms with van der Waals surface area (Å²) in [6, 6.07) is 3.59. The maximum absolute atomic E-state index is 11.3. The van der Waals surface area contributed by atoms with Crippen molar-refractivity contribution in [1.82, 2.24) is 0 Å². The van der Waals surface area contributed by atoms with Gasteiger partial charge in [0.15, 0.2) is 0 Å². The number of aryl methyl sites for hydroxylation is 1. The molecule has 0 amide bonds. The highest BCUT2D eigenvalue weighted by atomic mass is 16.5. The first-order valence-electron chi connectivity index (χ1n) is 7.20. The highest BCUT2D eigenvalue weighted by Crippen LogP contribution is 2.58. The van der Waals surface area contributed by atoms with Gasteiger partial charge in [0.2, 0.25) is 0 Å². The minimum Gasteiger partial charge on any atom is -0.507 e. The largest absolute Gasteiger partial charge is 0.507 e. The highest BCUT2D eigenvalue weighted by Gasteiger charge is 2.49. The zero-order valence-corrected chi connectivity index (χ0v) is 13.0. The Morgan fingerprint density at radius 1 is 1.25 bits per heavy atom. The van der Waals surface area contributed by atoms with Crippen molar-refractivity contribution in [3.05, 3.63) is 23.3 Å². The Kier molecular flexibility index (Phi) is 3.57. The zero-order valence-electron chi connectivity index (χ0n) is 13.0. The molecule has 1 saturated carbocycles. The lowest BCUT2D eigenvalue weighted by atomic mass is 9.64. The molecule has 1 aliphatic rings. The van der Waals surface area contributed by atoms with Crippen LogP contribution in [0.3, 0.4) is 0 Å². The third kappa shape index (κ3) is 2.19. The monoisotopic (exact) mass is 276 g/mol. The van der Waals surface area contributed by atoms with Gasteiger partial charge in [-0.25, -0.2) is 0 Å². The Morgan fingerprint density at radius 2 is 1.90 bits per heavy atom. The van der Waals surface area contributed by atoms with E-state index in [2.05, 4.69) is 20.8 Å². The first-order chi connectivity index (χ1) is 9.19. The number of hydrogen-bond donors (Lipinski definition) is 1. The molecule has 1 aromatic carbocycles. The zero-order chi connectivity index (χ0) is 15.1. The molecule has 0 unspecified atom stereocenters. The fraction of sp³-hybridized carbons (Fsp3) is 0.588. The van der Waals surface area contributed by atoms with Crippen LogP contribution in [0.2, 0.25) is 0 Å². The van der Waals surface area contributed by atoms with Crippen molar-refractivity contribution in [2.24, 2.45) is 5.41 Å². The summed E-state index contributed by atoms with van der Waals surface area (Å²) in [5.41, 5.74) is 1.48. The second-order valence-electron chi connectivity index (χ2n) is 6.77. The van der Waals surface area contributed by atoms with Crippen LogP contribution in [0.15, 0.2) is 12.1 Å². The molecule has 3 nitrogen and oxygen atoms in total. The molecule has 0 aromatic heterocycles. The van der Waals surface area contributed by atoms with Crippen molar-refractivity contribution in [2.75, 3.05) is 0 Å². The minimum atomic E-state index is -0.353. The van der Waals surface area contributed by atoms with E-state index < -0.39 is 0 Å². The van der Waals surface area contributed by atoms with E-state index in [-0.39, 0.29) is 22.5 Å². The summed E-state index contributed by atoms with van der Waals surface area (Å²) < 4.78 is 5.35. The number of carbonyl (C=O) groups is 1. The summed E-state index contributed by atoms with van der Waals surface area (Å²) in [4.78, 5) is 11.3. The molecule has 1 aliphatic carbocycles. The first kappa shape index (κ1) is 14.9. The topological polar surface area (TPSA) is 46.5 Å². The van der Waals surface area contributed by atoms with Gasteiger partial charge in [-0.2, -0.15) is 0 Å². The second kappa shape index (κ2) is 4.80. The van der Waals surface area contributed by atoms with Gasteiger partial charge in [0.05, 0.1) is 0 Å². The lowest BCUT2D eigenvalue weighted by Crippen LogP contribution is -2.34. The lowest BCUT2D eigenvalue weighted by Gasteiger charge is -2.40. The van der Waals surface area contributed by atoms with Gasteiger partial charge in [-0.05, 0) is 36.8 Å². The number of carbonyl (C=O) groups excluding carboxylic acids is 1. The number of benzene rings is 1. The minimum absolute atomic E-state index is 0.0627. The third-order valence-corrected chi connectivity index (χ3v) is 5.12. The third-order valence-electron chi connectivity index (χ3n) is 5.12. The van der Waals surface area contributed by atoms with E-state index in [1.165, 1.54) is 6.92 Å². The van der Waals surface area contributed by atoms with Gasteiger partial charge in [0.25, 0.3) is 0 Å². The quantitative estimate of drug-likeness (QED) is 0.653. The smallest absolute Gasteiger partial charge is 0.308 e. The molecule has 0 heterocycles. The summed E-state index contributed by atoms with van der Waals surface area (Å²) in [6.07, 6.45) is 3.22. The van der Waals surface area contributed by atoms with Gasteiger partial charge in [-0.1, -0.05) is 33.3 Å². The number of phenolic OH excluding ortho intramolecular Hbond substituents is 1. The summed E-state index contributed by atoms with van der Waals surface area (Å²) >= 11 is 0. The predicted octanol–water partition coefficient (Wildman–Crippen LogP) is 4.09. The number of hydrogen-bond acceptors (Lipinski definition) is 3. The normalized spacial score (nSPS) is 24.6. The molecule has 1 N–H and O–H groups in total. The van der Waals surface area contributed by atoms with Crippen LogP contribution < -0.4 is 4.74 Å². The maximum Gasteiger partial charge on any atom is 0.308 e. The lowest BCUT2D eigenvalue weighted by molar-refractivity contribution is -0.132. The molecular formula is C17H24O3. The van der Waals surface area contributed by atoms with Gasteiger partial charge < -0.3 is 9.84 Å². The van der Waals surface area contributed by atoms with Crippen LogP contribution in [0.4, 0.5) is 0 Å². The van der Waals surface area contributed by atoms with Crippen LogP contribution in [0, 0.1) is 12.3 Å². The summed E-state index contributed by atoms with van der Waals surface area (Å²) in [5, 5.41) is 10.6. The standard InChI is InChI=1S/C17H24O3/c1-11-7-8-13(20-12(2)18)14(15(11)19)17(5)10-6-9-16(17,3)4/h7-8,19H,6,9-10H2,1-5H3/t17-/m1/s1. The van der Waals surface area contributed by atoms with E-state index in [0.717, 1.165) is 30.4 Å². The average Bonchev–Trinajstić information content (AvgIpc) is 2.58. The van der Waals surface area contributed by atoms with E-state index in [1.54, 1.807) is 12.1 Å². The predicted molar refractivity (Wildman–Crippen MR) is 79.1 cm³/mol. The Bertz CT molecular complexity index is 545. The van der Waals surface area contributed by atoms with Crippen molar-refractivity contribution in [1.29, 1.82) is 0 Å². The van der Waals surface area contributed by atoms with Crippen molar-refractivity contribution in [2.45, 2.75) is 59.3 Å². The Balaban J connectivity index is 2.65. The fourth-order valence-electron chi connectivity index (χ4n) is 3.41. The van der Waals surface area contributed by atoms with Crippen molar-refractivity contribution < 1.29 is 14.6 Å². The number of esters is 1. The molecule has 1 atom stereocenters. The second-order valence-corrected chi connectivity index (χ2v) is 6.77. The van der Waals surface area contributed by atoms with Gasteiger partial charge in [0.1, 0.15) is 11.5 Å². The maximum atomic E-state index is 11.3. The van der Waals surface area contributed by atoms with Gasteiger partial charge in [-0.15, -0.1) is 0 Å². The summed E-state index contributed by atoms with van der Waals surface area (Å²) in [5.74, 6) is 0.410. The van der Waals surface area contributed by atoms with E-state index in [9.17, 15) is 9.90 Å². The van der Waals surface area contributed by atoms with Crippen LogP contribution in [0.5, 0.6) is 11.5 Å². The molecule has 1 aromatic rings. The van der Waals surface area contributed by atoms with Gasteiger partial charge >= 0.3 is 5.97 Å². The van der Waals surface area contributed by atoms with Crippen LogP contribution in [0.25, 0.3) is 0 Å². The van der Waals surface area contributed by atoms with Crippen LogP contribution in [-0.2, 0) is 10.2 Å². The number of phenols is 1. The van der Waals surface area contributed by atoms with Crippen LogP contribution >= 0.6 is 0 Å². The SMILES string of the molecule is CC(=O)Oc1ccc(C)c(O)c1[C@@]1(C)CCCC1(C)C. The summed E-state index contributed by atoms with van der Waals surface area (Å²) in [7, 11) is 0. The molecule has 0 radical (unpaired) electrons. The van der Waals surface area contributed by atoms with Gasteiger partial charge in [0, 0.05) is 17.9 Å². The van der Waals surface area contributed by atoms with Crippen LogP contribution in [0.1, 0.15) is 58.1 Å². The van der Waals surface area contributed by atoms with E-state index in [0.29, 0.717) is 5.75 Å². The molecular weight excluding hydrogens is 252 g/mol. The summed E-state index contributed by atoms with van der Waals surface area (Å²) in [6.45, 7) is 9.88. The van der Waals surface area contributed by atoms with Crippen molar-refractivity contribution in [3.63, 3.8) is 0 Å². The number of rotatable bonds is 2. The number of aromatic hydroxyl groups is 1. The van der Waals surface area contributed by atoms with E-state index in [1.807, 2.05) is 6.92 Å². The molecule has 3 heteroatoms.